The zero-order chi connectivity index (χ0) is 22.7. The van der Waals surface area contributed by atoms with Gasteiger partial charge in [0, 0.05) is 19.3 Å². The van der Waals surface area contributed by atoms with Gasteiger partial charge in [0.1, 0.15) is 17.1 Å². The number of aromatic nitrogens is 5. The molecule has 0 atom stereocenters. The fourth-order valence-electron chi connectivity index (χ4n) is 4.18. The van der Waals surface area contributed by atoms with Crippen LogP contribution in [0.15, 0.2) is 30.7 Å². The molecular formula is C22H27F3N6O. The van der Waals surface area contributed by atoms with Gasteiger partial charge in [0.05, 0.1) is 25.5 Å². The number of hydrogen-bond donors (Lipinski definition) is 0. The first-order valence-corrected chi connectivity index (χ1v) is 10.9. The van der Waals surface area contributed by atoms with Crippen molar-refractivity contribution < 1.29 is 17.9 Å². The maximum Gasteiger partial charge on any atom is 0.437 e. The zero-order valence-corrected chi connectivity index (χ0v) is 18.2. The van der Waals surface area contributed by atoms with Crippen LogP contribution < -0.4 is 9.64 Å². The van der Waals surface area contributed by atoms with Crippen molar-refractivity contribution in [2.75, 3.05) is 25.1 Å². The summed E-state index contributed by atoms with van der Waals surface area (Å²) in [5, 5.41) is 4.51. The summed E-state index contributed by atoms with van der Waals surface area (Å²) in [5.74, 6) is 1.58. The van der Waals surface area contributed by atoms with E-state index in [1.807, 2.05) is 12.4 Å². The Hall–Kier alpha value is -2.91. The number of alkyl halides is 3. The molecule has 1 saturated carbocycles. The predicted octanol–water partition coefficient (Wildman–Crippen LogP) is 4.90. The fraction of sp³-hybridized carbons (Fsp3) is 0.545. The molecule has 1 aliphatic carbocycles. The number of fused-ring (bicyclic) bond motifs is 1. The van der Waals surface area contributed by atoms with E-state index in [4.69, 9.17) is 4.98 Å². The molecule has 10 heteroatoms. The van der Waals surface area contributed by atoms with Crippen LogP contribution in [0.3, 0.4) is 0 Å². The van der Waals surface area contributed by atoms with Gasteiger partial charge in [-0.05, 0) is 50.2 Å². The average Bonchev–Trinajstić information content (AvgIpc) is 3.20. The molecule has 1 saturated heterocycles. The van der Waals surface area contributed by atoms with E-state index in [-0.39, 0.29) is 5.75 Å². The highest BCUT2D eigenvalue weighted by Crippen LogP contribution is 2.38. The molecular weight excluding hydrogens is 421 g/mol. The Labute approximate surface area is 184 Å². The number of halogens is 3. The Morgan fingerprint density at radius 1 is 1.06 bits per heavy atom. The molecule has 0 unspecified atom stereocenters. The molecule has 0 radical (unpaired) electrons. The molecule has 172 valence electrons. The molecule has 0 amide bonds. The number of rotatable bonds is 3. The average molecular weight is 448 g/mol. The monoisotopic (exact) mass is 448 g/mol. The summed E-state index contributed by atoms with van der Waals surface area (Å²) in [6.45, 7) is 4.51. The van der Waals surface area contributed by atoms with Crippen LogP contribution in [0.5, 0.6) is 5.75 Å². The fourth-order valence-corrected chi connectivity index (χ4v) is 4.18. The Morgan fingerprint density at radius 3 is 2.44 bits per heavy atom. The number of ether oxygens (including phenoxy) is 1. The molecule has 3 aromatic heterocycles. The van der Waals surface area contributed by atoms with E-state index in [0.29, 0.717) is 6.04 Å². The SMILES string of the molecule is CC1CC(n2ncc3ncc(N4CCCCC4)nc32)C1.COc1cccnc1C(F)(F)F. The number of hydrogen-bond acceptors (Lipinski definition) is 6. The normalized spacial score (nSPS) is 21.0. The van der Waals surface area contributed by atoms with E-state index in [1.165, 1.54) is 51.3 Å². The predicted molar refractivity (Wildman–Crippen MR) is 115 cm³/mol. The van der Waals surface area contributed by atoms with Crippen LogP contribution >= 0.6 is 0 Å². The van der Waals surface area contributed by atoms with Crippen molar-refractivity contribution in [2.24, 2.45) is 5.92 Å². The lowest BCUT2D eigenvalue weighted by atomic mass is 9.82. The lowest BCUT2D eigenvalue weighted by molar-refractivity contribution is -0.142. The smallest absolute Gasteiger partial charge is 0.437 e. The van der Waals surface area contributed by atoms with E-state index >= 15 is 0 Å². The minimum absolute atomic E-state index is 0.259. The Morgan fingerprint density at radius 2 is 1.81 bits per heavy atom. The first-order valence-electron chi connectivity index (χ1n) is 10.9. The van der Waals surface area contributed by atoms with Crippen LogP contribution in [0, 0.1) is 5.92 Å². The summed E-state index contributed by atoms with van der Waals surface area (Å²) in [4.78, 5) is 14.9. The lowest BCUT2D eigenvalue weighted by Gasteiger charge is -2.33. The third-order valence-electron chi connectivity index (χ3n) is 5.92. The number of anilines is 1. The van der Waals surface area contributed by atoms with Gasteiger partial charge >= 0.3 is 6.18 Å². The molecule has 0 aromatic carbocycles. The summed E-state index contributed by atoms with van der Waals surface area (Å²) < 4.78 is 42.9. The summed E-state index contributed by atoms with van der Waals surface area (Å²) in [6, 6.07) is 3.12. The van der Waals surface area contributed by atoms with Crippen LogP contribution in [0.2, 0.25) is 0 Å². The zero-order valence-electron chi connectivity index (χ0n) is 18.2. The first kappa shape index (κ1) is 22.3. The van der Waals surface area contributed by atoms with Gasteiger partial charge in [-0.1, -0.05) is 6.92 Å². The van der Waals surface area contributed by atoms with Crippen LogP contribution in [0.1, 0.15) is 50.8 Å². The van der Waals surface area contributed by atoms with Crippen LogP contribution in [0.25, 0.3) is 11.2 Å². The van der Waals surface area contributed by atoms with Gasteiger partial charge in [-0.2, -0.15) is 18.3 Å². The van der Waals surface area contributed by atoms with Crippen molar-refractivity contribution in [2.45, 2.75) is 51.2 Å². The molecule has 1 aliphatic heterocycles. The Balaban J connectivity index is 0.000000176. The topological polar surface area (TPSA) is 69.0 Å². The Bertz CT molecular complexity index is 1040. The molecule has 0 bridgehead atoms. The largest absolute Gasteiger partial charge is 0.494 e. The van der Waals surface area contributed by atoms with Crippen molar-refractivity contribution >= 4 is 17.0 Å². The standard InChI is InChI=1S/C15H21N5.C7H6F3NO/c1-11-7-12(8-11)20-15-13(9-17-20)16-10-14(18-15)19-5-3-2-4-6-19;1-12-5-3-2-4-11-6(5)7(8,9)10/h9-12H,2-8H2,1H3;2-4H,1H3. The number of pyridine rings is 1. The molecule has 0 N–H and O–H groups in total. The van der Waals surface area contributed by atoms with Crippen molar-refractivity contribution in [3.8, 4) is 5.75 Å². The molecule has 0 spiro atoms. The minimum Gasteiger partial charge on any atom is -0.494 e. The lowest BCUT2D eigenvalue weighted by Crippen LogP contribution is -2.30. The maximum absolute atomic E-state index is 12.1. The second-order valence-corrected chi connectivity index (χ2v) is 8.36. The van der Waals surface area contributed by atoms with Gasteiger partial charge in [0.15, 0.2) is 11.3 Å². The van der Waals surface area contributed by atoms with Gasteiger partial charge in [-0.25, -0.2) is 19.6 Å². The highest BCUT2D eigenvalue weighted by atomic mass is 19.4. The summed E-state index contributed by atoms with van der Waals surface area (Å²) in [5.41, 5.74) is 0.891. The molecule has 7 nitrogen and oxygen atoms in total. The second-order valence-electron chi connectivity index (χ2n) is 8.36. The van der Waals surface area contributed by atoms with Crippen molar-refractivity contribution in [1.29, 1.82) is 0 Å². The second kappa shape index (κ2) is 9.30. The van der Waals surface area contributed by atoms with Crippen LogP contribution in [0.4, 0.5) is 19.0 Å². The van der Waals surface area contributed by atoms with E-state index in [1.54, 1.807) is 0 Å². The number of piperidine rings is 1. The van der Waals surface area contributed by atoms with Crippen LogP contribution in [-0.4, -0.2) is 44.9 Å². The highest BCUT2D eigenvalue weighted by Gasteiger charge is 2.35. The molecule has 3 aromatic rings. The van der Waals surface area contributed by atoms with E-state index < -0.39 is 11.9 Å². The molecule has 2 aliphatic rings. The van der Waals surface area contributed by atoms with Gasteiger partial charge in [0.25, 0.3) is 0 Å². The van der Waals surface area contributed by atoms with Crippen LogP contribution in [-0.2, 0) is 6.18 Å². The molecule has 32 heavy (non-hydrogen) atoms. The molecule has 4 heterocycles. The molecule has 2 fully saturated rings. The summed E-state index contributed by atoms with van der Waals surface area (Å²) in [7, 11) is 1.17. The Kier molecular flexibility index (Phi) is 6.48. The summed E-state index contributed by atoms with van der Waals surface area (Å²) in [6.07, 6.45) is 6.67. The van der Waals surface area contributed by atoms with Crippen molar-refractivity contribution in [3.05, 3.63) is 36.4 Å². The maximum atomic E-state index is 12.1. The number of nitrogens with zero attached hydrogens (tertiary/aromatic N) is 6. The van der Waals surface area contributed by atoms with Crippen molar-refractivity contribution in [1.82, 2.24) is 24.7 Å². The minimum atomic E-state index is -4.45. The van der Waals surface area contributed by atoms with Gasteiger partial charge in [0.2, 0.25) is 0 Å². The third-order valence-corrected chi connectivity index (χ3v) is 5.92. The third kappa shape index (κ3) is 4.78. The quantitative estimate of drug-likeness (QED) is 0.568. The van der Waals surface area contributed by atoms with E-state index in [2.05, 4.69) is 36.3 Å². The van der Waals surface area contributed by atoms with Crippen molar-refractivity contribution in [3.63, 3.8) is 0 Å². The van der Waals surface area contributed by atoms with Gasteiger partial charge in [-0.3, -0.25) is 0 Å². The van der Waals surface area contributed by atoms with Gasteiger partial charge < -0.3 is 9.64 Å². The number of methoxy groups -OCH3 is 1. The first-order chi connectivity index (χ1) is 15.4. The van der Waals surface area contributed by atoms with Gasteiger partial charge in [-0.15, -0.1) is 0 Å². The highest BCUT2D eigenvalue weighted by molar-refractivity contribution is 5.71. The van der Waals surface area contributed by atoms with E-state index in [9.17, 15) is 13.2 Å². The molecule has 5 rings (SSSR count). The summed E-state index contributed by atoms with van der Waals surface area (Å²) >= 11 is 0. The van der Waals surface area contributed by atoms with E-state index in [0.717, 1.165) is 42.2 Å².